The van der Waals surface area contributed by atoms with Crippen LogP contribution in [0, 0.1) is 0 Å². The first kappa shape index (κ1) is 22.4. The Hall–Kier alpha value is -2.86. The molecule has 0 aliphatic rings. The summed E-state index contributed by atoms with van der Waals surface area (Å²) >= 11 is 0. The molecule has 0 aliphatic heterocycles. The van der Waals surface area contributed by atoms with Crippen LogP contribution in [0.15, 0.2) is 54.6 Å². The topological polar surface area (TPSA) is 67.9 Å². The third-order valence-corrected chi connectivity index (χ3v) is 4.69. The summed E-state index contributed by atoms with van der Waals surface area (Å²) in [4.78, 5) is 27.5. The Bertz CT molecular complexity index is 762. The van der Waals surface area contributed by atoms with Gasteiger partial charge in [-0.05, 0) is 23.3 Å². The van der Waals surface area contributed by atoms with Gasteiger partial charge in [-0.1, -0.05) is 49.4 Å². The Morgan fingerprint density at radius 1 is 1.00 bits per heavy atom. The van der Waals surface area contributed by atoms with E-state index in [1.807, 2.05) is 61.5 Å². The molecule has 0 heterocycles. The summed E-state index contributed by atoms with van der Waals surface area (Å²) in [5, 5.41) is 2.89. The predicted molar refractivity (Wildman–Crippen MR) is 113 cm³/mol. The van der Waals surface area contributed by atoms with E-state index >= 15 is 0 Å². The zero-order valence-electron chi connectivity index (χ0n) is 17.4. The van der Waals surface area contributed by atoms with Crippen molar-refractivity contribution in [3.63, 3.8) is 0 Å². The van der Waals surface area contributed by atoms with Gasteiger partial charge in [-0.2, -0.15) is 0 Å². The fourth-order valence-corrected chi connectivity index (χ4v) is 3.08. The molecule has 2 amide bonds. The molecule has 1 atom stereocenters. The summed E-state index contributed by atoms with van der Waals surface area (Å²) in [7, 11) is 3.20. The van der Waals surface area contributed by atoms with E-state index in [1.165, 1.54) is 0 Å². The third-order valence-electron chi connectivity index (χ3n) is 4.69. The van der Waals surface area contributed by atoms with Crippen molar-refractivity contribution in [2.24, 2.45) is 0 Å². The van der Waals surface area contributed by atoms with Gasteiger partial charge in [-0.15, -0.1) is 0 Å². The second-order valence-corrected chi connectivity index (χ2v) is 6.71. The molecule has 0 unspecified atom stereocenters. The molecule has 156 valence electrons. The Morgan fingerprint density at radius 2 is 1.69 bits per heavy atom. The largest absolute Gasteiger partial charge is 0.497 e. The number of ether oxygens (including phenoxy) is 2. The summed E-state index contributed by atoms with van der Waals surface area (Å²) < 4.78 is 10.2. The van der Waals surface area contributed by atoms with Crippen molar-refractivity contribution < 1.29 is 19.1 Å². The molecule has 2 aromatic rings. The second-order valence-electron chi connectivity index (χ2n) is 6.71. The van der Waals surface area contributed by atoms with Crippen LogP contribution < -0.4 is 10.1 Å². The molecule has 0 aliphatic carbocycles. The normalized spacial score (nSPS) is 11.6. The van der Waals surface area contributed by atoms with Crippen LogP contribution in [0.5, 0.6) is 5.75 Å². The lowest BCUT2D eigenvalue weighted by atomic mass is 10.0. The third kappa shape index (κ3) is 6.91. The Kier molecular flexibility index (Phi) is 9.18. The Morgan fingerprint density at radius 3 is 2.28 bits per heavy atom. The van der Waals surface area contributed by atoms with Gasteiger partial charge in [0.25, 0.3) is 0 Å². The van der Waals surface area contributed by atoms with Gasteiger partial charge >= 0.3 is 0 Å². The van der Waals surface area contributed by atoms with Crippen LogP contribution in [0.25, 0.3) is 0 Å². The van der Waals surface area contributed by atoms with Gasteiger partial charge in [0.05, 0.1) is 13.7 Å². The van der Waals surface area contributed by atoms with E-state index in [-0.39, 0.29) is 11.8 Å². The summed E-state index contributed by atoms with van der Waals surface area (Å²) in [5.41, 5.74) is 1.94. The van der Waals surface area contributed by atoms with E-state index in [2.05, 4.69) is 5.32 Å². The second kappa shape index (κ2) is 11.9. The Labute approximate surface area is 172 Å². The van der Waals surface area contributed by atoms with E-state index in [4.69, 9.17) is 9.47 Å². The molecule has 2 aromatic carbocycles. The molecule has 6 nitrogen and oxygen atoms in total. The monoisotopic (exact) mass is 398 g/mol. The van der Waals surface area contributed by atoms with Gasteiger partial charge < -0.3 is 19.7 Å². The maximum atomic E-state index is 13.0. The molecular formula is C23H30N2O4. The summed E-state index contributed by atoms with van der Waals surface area (Å²) in [5.74, 6) is 0.505. The number of carbonyl (C=O) groups is 2. The van der Waals surface area contributed by atoms with Crippen molar-refractivity contribution in [1.29, 1.82) is 0 Å². The van der Waals surface area contributed by atoms with E-state index in [0.29, 0.717) is 32.5 Å². The standard InChI is InChI=1S/C23H30N2O4/c1-4-22(26)25(17-19-10-12-20(29-3)13-11-19)21(23(27)24-14-15-28-2)16-18-8-6-5-7-9-18/h5-13,21H,4,14-17H2,1-3H3,(H,24,27)/t21-/m1/s1. The number of hydrogen-bond acceptors (Lipinski definition) is 4. The molecule has 2 rings (SSSR count). The molecule has 0 radical (unpaired) electrons. The minimum atomic E-state index is -0.608. The summed E-state index contributed by atoms with van der Waals surface area (Å²) in [6, 6.07) is 16.7. The lowest BCUT2D eigenvalue weighted by Gasteiger charge is -2.31. The van der Waals surface area contributed by atoms with Crippen molar-refractivity contribution in [2.75, 3.05) is 27.4 Å². The molecule has 6 heteroatoms. The molecular weight excluding hydrogens is 368 g/mol. The fraction of sp³-hybridized carbons (Fsp3) is 0.391. The van der Waals surface area contributed by atoms with E-state index < -0.39 is 6.04 Å². The number of hydrogen-bond donors (Lipinski definition) is 1. The molecule has 0 saturated heterocycles. The molecule has 1 N–H and O–H groups in total. The van der Waals surface area contributed by atoms with Crippen LogP contribution in [-0.2, 0) is 27.3 Å². The van der Waals surface area contributed by atoms with Crippen molar-refractivity contribution >= 4 is 11.8 Å². The van der Waals surface area contributed by atoms with Gasteiger partial charge in [0.2, 0.25) is 11.8 Å². The first-order chi connectivity index (χ1) is 14.1. The van der Waals surface area contributed by atoms with Crippen LogP contribution in [-0.4, -0.2) is 50.1 Å². The molecule has 0 fully saturated rings. The minimum Gasteiger partial charge on any atom is -0.497 e. The number of nitrogens with zero attached hydrogens (tertiary/aromatic N) is 1. The smallest absolute Gasteiger partial charge is 0.243 e. The number of nitrogens with one attached hydrogen (secondary N) is 1. The fourth-order valence-electron chi connectivity index (χ4n) is 3.08. The lowest BCUT2D eigenvalue weighted by molar-refractivity contribution is -0.141. The van der Waals surface area contributed by atoms with Gasteiger partial charge in [-0.25, -0.2) is 0 Å². The zero-order valence-corrected chi connectivity index (χ0v) is 17.4. The Balaban J connectivity index is 2.28. The molecule has 0 spiro atoms. The van der Waals surface area contributed by atoms with E-state index in [0.717, 1.165) is 16.9 Å². The van der Waals surface area contributed by atoms with E-state index in [1.54, 1.807) is 19.1 Å². The van der Waals surface area contributed by atoms with Crippen LogP contribution in [0.4, 0.5) is 0 Å². The quantitative estimate of drug-likeness (QED) is 0.591. The maximum Gasteiger partial charge on any atom is 0.243 e. The predicted octanol–water partition coefficient (Wildman–Crippen LogP) is 2.81. The number of methoxy groups -OCH3 is 2. The molecule has 0 saturated carbocycles. The first-order valence-corrected chi connectivity index (χ1v) is 9.82. The summed E-state index contributed by atoms with van der Waals surface area (Å²) in [6.07, 6.45) is 0.772. The van der Waals surface area contributed by atoms with Gasteiger partial charge in [0.15, 0.2) is 0 Å². The molecule has 29 heavy (non-hydrogen) atoms. The van der Waals surface area contributed by atoms with Crippen molar-refractivity contribution in [3.05, 3.63) is 65.7 Å². The van der Waals surface area contributed by atoms with Crippen LogP contribution in [0.3, 0.4) is 0 Å². The lowest BCUT2D eigenvalue weighted by Crippen LogP contribution is -2.50. The number of amides is 2. The van der Waals surface area contributed by atoms with Crippen LogP contribution >= 0.6 is 0 Å². The van der Waals surface area contributed by atoms with Crippen molar-refractivity contribution in [2.45, 2.75) is 32.4 Å². The first-order valence-electron chi connectivity index (χ1n) is 9.82. The number of rotatable bonds is 11. The van der Waals surface area contributed by atoms with Crippen LogP contribution in [0.2, 0.25) is 0 Å². The zero-order chi connectivity index (χ0) is 21.1. The minimum absolute atomic E-state index is 0.0661. The highest BCUT2D eigenvalue weighted by molar-refractivity contribution is 5.87. The van der Waals surface area contributed by atoms with Crippen LogP contribution in [0.1, 0.15) is 24.5 Å². The average Bonchev–Trinajstić information content (AvgIpc) is 2.76. The summed E-state index contributed by atoms with van der Waals surface area (Å²) in [6.45, 7) is 2.99. The van der Waals surface area contributed by atoms with Gasteiger partial charge in [0, 0.05) is 33.0 Å². The SMILES string of the molecule is CCC(=O)N(Cc1ccc(OC)cc1)[C@H](Cc1ccccc1)C(=O)NCCOC. The highest BCUT2D eigenvalue weighted by Gasteiger charge is 2.29. The molecule has 0 aromatic heterocycles. The van der Waals surface area contributed by atoms with Gasteiger partial charge in [-0.3, -0.25) is 9.59 Å². The highest BCUT2D eigenvalue weighted by Crippen LogP contribution is 2.18. The van der Waals surface area contributed by atoms with E-state index in [9.17, 15) is 9.59 Å². The van der Waals surface area contributed by atoms with Crippen molar-refractivity contribution in [1.82, 2.24) is 10.2 Å². The average molecular weight is 399 g/mol. The van der Waals surface area contributed by atoms with Gasteiger partial charge in [0.1, 0.15) is 11.8 Å². The number of benzene rings is 2. The maximum absolute atomic E-state index is 13.0. The highest BCUT2D eigenvalue weighted by atomic mass is 16.5. The van der Waals surface area contributed by atoms with Crippen molar-refractivity contribution in [3.8, 4) is 5.75 Å². The molecule has 0 bridgehead atoms. The number of carbonyl (C=O) groups excluding carboxylic acids is 2.